The number of nitrogen functional groups attached to an aromatic ring is 1. The normalized spacial score (nSPS) is 23.2. The molecule has 0 radical (unpaired) electrons. The fourth-order valence-corrected chi connectivity index (χ4v) is 3.52. The van der Waals surface area contributed by atoms with Gasteiger partial charge in [0.15, 0.2) is 9.84 Å². The summed E-state index contributed by atoms with van der Waals surface area (Å²) in [5.41, 5.74) is 6.14. The lowest BCUT2D eigenvalue weighted by atomic mass is 10.2. The van der Waals surface area contributed by atoms with E-state index in [2.05, 4.69) is 10.3 Å². The van der Waals surface area contributed by atoms with E-state index >= 15 is 0 Å². The summed E-state index contributed by atoms with van der Waals surface area (Å²) in [5.74, 6) is 0.848. The van der Waals surface area contributed by atoms with Crippen LogP contribution in [0.1, 0.15) is 6.42 Å². The van der Waals surface area contributed by atoms with Crippen molar-refractivity contribution in [1.29, 1.82) is 0 Å². The van der Waals surface area contributed by atoms with Gasteiger partial charge in [-0.15, -0.1) is 0 Å². The van der Waals surface area contributed by atoms with Crippen molar-refractivity contribution in [1.82, 2.24) is 4.98 Å². The van der Waals surface area contributed by atoms with Gasteiger partial charge in [0, 0.05) is 12.2 Å². The van der Waals surface area contributed by atoms with Gasteiger partial charge in [0.25, 0.3) is 0 Å². The largest absolute Gasteiger partial charge is 0.396 e. The van der Waals surface area contributed by atoms with Gasteiger partial charge in [0.05, 0.1) is 22.2 Å². The maximum atomic E-state index is 11.3. The Labute approximate surface area is 98.9 Å². The number of rotatable bonds is 2. The van der Waals surface area contributed by atoms with Crippen LogP contribution in [0.25, 0.3) is 0 Å². The molecule has 1 atom stereocenters. The molecule has 3 N–H and O–H groups in total. The van der Waals surface area contributed by atoms with Crippen LogP contribution in [0.4, 0.5) is 11.5 Å². The third-order valence-corrected chi connectivity index (χ3v) is 4.43. The van der Waals surface area contributed by atoms with E-state index in [1.165, 1.54) is 6.20 Å². The summed E-state index contributed by atoms with van der Waals surface area (Å²) in [6.07, 6.45) is 2.07. The molecule has 0 aliphatic carbocycles. The van der Waals surface area contributed by atoms with Gasteiger partial charge in [-0.25, -0.2) is 13.4 Å². The van der Waals surface area contributed by atoms with E-state index in [1.807, 2.05) is 0 Å². The topological polar surface area (TPSA) is 85.1 Å². The fraction of sp³-hybridized carbons (Fsp3) is 0.444. The Bertz CT molecular complexity index is 503. The van der Waals surface area contributed by atoms with Gasteiger partial charge in [0.2, 0.25) is 0 Å². The van der Waals surface area contributed by atoms with Gasteiger partial charge in [0.1, 0.15) is 5.82 Å². The molecule has 1 fully saturated rings. The number of nitrogens with two attached hydrogens (primary N) is 1. The van der Waals surface area contributed by atoms with E-state index in [0.29, 0.717) is 22.9 Å². The average Bonchev–Trinajstić information content (AvgIpc) is 2.51. The molecule has 1 saturated heterocycles. The lowest BCUT2D eigenvalue weighted by Gasteiger charge is -2.13. The van der Waals surface area contributed by atoms with Crippen LogP contribution in [0.15, 0.2) is 12.3 Å². The Balaban J connectivity index is 2.11. The Morgan fingerprint density at radius 2 is 2.31 bits per heavy atom. The van der Waals surface area contributed by atoms with Crippen molar-refractivity contribution in [2.45, 2.75) is 12.5 Å². The van der Waals surface area contributed by atoms with Gasteiger partial charge in [-0.2, -0.15) is 0 Å². The van der Waals surface area contributed by atoms with E-state index in [9.17, 15) is 8.42 Å². The van der Waals surface area contributed by atoms with Crippen molar-refractivity contribution in [3.8, 4) is 0 Å². The van der Waals surface area contributed by atoms with Crippen LogP contribution in [0, 0.1) is 0 Å². The molecule has 2 heterocycles. The zero-order valence-corrected chi connectivity index (χ0v) is 10.1. The number of hydrogen-bond acceptors (Lipinski definition) is 5. The van der Waals surface area contributed by atoms with Crippen LogP contribution in [-0.2, 0) is 9.84 Å². The molecule has 2 rings (SSSR count). The summed E-state index contributed by atoms with van der Waals surface area (Å²) in [7, 11) is -2.89. The lowest BCUT2D eigenvalue weighted by molar-refractivity contribution is 0.602. The molecule has 0 bridgehead atoms. The minimum atomic E-state index is -2.89. The van der Waals surface area contributed by atoms with Crippen LogP contribution in [0.2, 0.25) is 5.02 Å². The Kier molecular flexibility index (Phi) is 2.94. The summed E-state index contributed by atoms with van der Waals surface area (Å²) < 4.78 is 22.5. The molecule has 7 heteroatoms. The predicted octanol–water partition coefficient (Wildman–Crippen LogP) is 0.916. The van der Waals surface area contributed by atoms with Gasteiger partial charge >= 0.3 is 0 Å². The molecule has 5 nitrogen and oxygen atoms in total. The van der Waals surface area contributed by atoms with Gasteiger partial charge in [-0.3, -0.25) is 0 Å². The van der Waals surface area contributed by atoms with Crippen molar-refractivity contribution in [3.63, 3.8) is 0 Å². The van der Waals surface area contributed by atoms with Crippen LogP contribution in [0.5, 0.6) is 0 Å². The summed E-state index contributed by atoms with van der Waals surface area (Å²) in [6, 6.07) is 1.47. The van der Waals surface area contributed by atoms with E-state index in [4.69, 9.17) is 17.3 Å². The third kappa shape index (κ3) is 2.56. The minimum Gasteiger partial charge on any atom is -0.396 e. The number of pyridine rings is 1. The van der Waals surface area contributed by atoms with Crippen molar-refractivity contribution >= 4 is 32.9 Å². The number of nitrogens with zero attached hydrogens (tertiary/aromatic N) is 1. The number of aromatic nitrogens is 1. The SMILES string of the molecule is Nc1cc(Cl)cnc1NC1CCS(=O)(=O)C1. The monoisotopic (exact) mass is 261 g/mol. The highest BCUT2D eigenvalue weighted by Gasteiger charge is 2.28. The second-order valence-electron chi connectivity index (χ2n) is 3.84. The molecule has 1 aromatic heterocycles. The first-order valence-electron chi connectivity index (χ1n) is 4.84. The first-order chi connectivity index (χ1) is 7.46. The van der Waals surface area contributed by atoms with E-state index in [0.717, 1.165) is 0 Å². The maximum absolute atomic E-state index is 11.3. The van der Waals surface area contributed by atoms with Crippen molar-refractivity contribution in [3.05, 3.63) is 17.3 Å². The second-order valence-corrected chi connectivity index (χ2v) is 6.50. The van der Waals surface area contributed by atoms with E-state index < -0.39 is 9.84 Å². The molecular formula is C9H12ClN3O2S. The lowest BCUT2D eigenvalue weighted by Crippen LogP contribution is -2.21. The molecular weight excluding hydrogens is 250 g/mol. The molecule has 0 amide bonds. The quantitative estimate of drug-likeness (QED) is 0.827. The molecule has 0 saturated carbocycles. The number of anilines is 2. The Morgan fingerprint density at radius 3 is 2.88 bits per heavy atom. The average molecular weight is 262 g/mol. The van der Waals surface area contributed by atoms with E-state index in [-0.39, 0.29) is 17.5 Å². The van der Waals surface area contributed by atoms with Crippen LogP contribution in [-0.4, -0.2) is 30.9 Å². The molecule has 0 aromatic carbocycles. The first kappa shape index (κ1) is 11.5. The zero-order chi connectivity index (χ0) is 11.8. The highest BCUT2D eigenvalue weighted by atomic mass is 35.5. The van der Waals surface area contributed by atoms with Crippen LogP contribution >= 0.6 is 11.6 Å². The molecule has 1 unspecified atom stereocenters. The third-order valence-electron chi connectivity index (χ3n) is 2.46. The summed E-state index contributed by atoms with van der Waals surface area (Å²) in [6.45, 7) is 0. The number of nitrogens with one attached hydrogen (secondary N) is 1. The standard InChI is InChI=1S/C9H12ClN3O2S/c10-6-3-8(11)9(12-4-6)13-7-1-2-16(14,15)5-7/h3-4,7H,1-2,5,11H2,(H,12,13). The van der Waals surface area contributed by atoms with E-state index in [1.54, 1.807) is 6.07 Å². The molecule has 16 heavy (non-hydrogen) atoms. The minimum absolute atomic E-state index is 0.110. The zero-order valence-electron chi connectivity index (χ0n) is 8.48. The van der Waals surface area contributed by atoms with Crippen LogP contribution in [0.3, 0.4) is 0 Å². The van der Waals surface area contributed by atoms with Crippen LogP contribution < -0.4 is 11.1 Å². The smallest absolute Gasteiger partial charge is 0.152 e. The number of hydrogen-bond donors (Lipinski definition) is 2. The van der Waals surface area contributed by atoms with Crippen molar-refractivity contribution in [2.75, 3.05) is 22.6 Å². The van der Waals surface area contributed by atoms with Gasteiger partial charge < -0.3 is 11.1 Å². The van der Waals surface area contributed by atoms with Crippen molar-refractivity contribution < 1.29 is 8.42 Å². The summed E-state index contributed by atoms with van der Waals surface area (Å²) in [5, 5.41) is 3.48. The summed E-state index contributed by atoms with van der Waals surface area (Å²) in [4.78, 5) is 4.03. The maximum Gasteiger partial charge on any atom is 0.152 e. The predicted molar refractivity (Wildman–Crippen MR) is 64.3 cm³/mol. The van der Waals surface area contributed by atoms with Gasteiger partial charge in [-0.1, -0.05) is 11.6 Å². The second kappa shape index (κ2) is 4.10. The Hall–Kier alpha value is -1.01. The Morgan fingerprint density at radius 1 is 1.56 bits per heavy atom. The van der Waals surface area contributed by atoms with Gasteiger partial charge in [-0.05, 0) is 12.5 Å². The highest BCUT2D eigenvalue weighted by molar-refractivity contribution is 7.91. The first-order valence-corrected chi connectivity index (χ1v) is 7.04. The summed E-state index contributed by atoms with van der Waals surface area (Å²) >= 11 is 5.71. The molecule has 0 spiro atoms. The molecule has 88 valence electrons. The molecule has 1 aromatic rings. The number of halogens is 1. The van der Waals surface area contributed by atoms with Crippen molar-refractivity contribution in [2.24, 2.45) is 0 Å². The highest BCUT2D eigenvalue weighted by Crippen LogP contribution is 2.22. The number of sulfone groups is 1. The molecule has 1 aliphatic heterocycles. The molecule has 1 aliphatic rings. The fourth-order valence-electron chi connectivity index (χ4n) is 1.68.